The first-order chi connectivity index (χ1) is 12.6. The Labute approximate surface area is 151 Å². The molecule has 0 atom stereocenters. The number of hydrogen-bond donors (Lipinski definition) is 2. The van der Waals surface area contributed by atoms with Crippen LogP contribution in [0.2, 0.25) is 0 Å². The molecule has 0 aliphatic heterocycles. The Morgan fingerprint density at radius 1 is 1.15 bits per heavy atom. The highest BCUT2D eigenvalue weighted by atomic mass is 32.1. The fraction of sp³-hybridized carbons (Fsp3) is 0.125. The number of carbonyl (C=O) groups excluding carboxylic acids is 3. The molecule has 3 aromatic rings. The number of anilines is 2. The summed E-state index contributed by atoms with van der Waals surface area (Å²) in [5.41, 5.74) is 1.05. The van der Waals surface area contributed by atoms with Gasteiger partial charge in [0.25, 0.3) is 5.91 Å². The van der Waals surface area contributed by atoms with Crippen LogP contribution in [0.15, 0.2) is 36.7 Å². The molecule has 0 saturated heterocycles. The van der Waals surface area contributed by atoms with Gasteiger partial charge in [0.2, 0.25) is 5.82 Å². The van der Waals surface area contributed by atoms with Crippen molar-refractivity contribution in [2.75, 3.05) is 17.2 Å². The lowest BCUT2D eigenvalue weighted by molar-refractivity contribution is -0.152. The molecule has 0 unspecified atom stereocenters. The molecule has 10 heteroatoms. The molecule has 0 bridgehead atoms. The summed E-state index contributed by atoms with van der Waals surface area (Å²) >= 11 is 1.21. The van der Waals surface area contributed by atoms with Crippen molar-refractivity contribution in [3.05, 3.63) is 42.5 Å². The second-order valence-corrected chi connectivity index (χ2v) is 5.93. The summed E-state index contributed by atoms with van der Waals surface area (Å²) in [5.74, 6) is -2.24. The second kappa shape index (κ2) is 7.66. The van der Waals surface area contributed by atoms with Crippen molar-refractivity contribution in [2.24, 2.45) is 0 Å². The van der Waals surface area contributed by atoms with E-state index in [2.05, 4.69) is 30.3 Å². The molecule has 2 amide bonds. The van der Waals surface area contributed by atoms with Gasteiger partial charge in [-0.05, 0) is 31.2 Å². The molecule has 26 heavy (non-hydrogen) atoms. The Balaban J connectivity index is 1.74. The lowest BCUT2D eigenvalue weighted by Gasteiger charge is -2.04. The lowest BCUT2D eigenvalue weighted by Crippen LogP contribution is -2.24. The number of nitrogens with one attached hydrogen (secondary N) is 2. The van der Waals surface area contributed by atoms with Crippen molar-refractivity contribution in [1.82, 2.24) is 15.0 Å². The van der Waals surface area contributed by atoms with E-state index in [-0.39, 0.29) is 12.4 Å². The van der Waals surface area contributed by atoms with Gasteiger partial charge in [-0.15, -0.1) is 0 Å². The van der Waals surface area contributed by atoms with E-state index in [1.165, 1.54) is 23.7 Å². The largest absolute Gasteiger partial charge is 0.459 e. The Morgan fingerprint density at radius 3 is 2.65 bits per heavy atom. The van der Waals surface area contributed by atoms with Gasteiger partial charge in [-0.2, -0.15) is 0 Å². The number of nitrogens with zero attached hydrogens (tertiary/aromatic N) is 3. The highest BCUT2D eigenvalue weighted by Crippen LogP contribution is 2.28. The first-order valence-electron chi connectivity index (χ1n) is 7.54. The van der Waals surface area contributed by atoms with E-state index >= 15 is 0 Å². The van der Waals surface area contributed by atoms with Crippen molar-refractivity contribution in [3.63, 3.8) is 0 Å². The van der Waals surface area contributed by atoms with Crippen LogP contribution in [-0.2, 0) is 14.3 Å². The zero-order valence-electron chi connectivity index (χ0n) is 13.6. The normalized spacial score (nSPS) is 10.3. The number of rotatable bonds is 4. The molecule has 2 N–H and O–H groups in total. The molecule has 3 rings (SSSR count). The summed E-state index contributed by atoms with van der Waals surface area (Å²) < 4.78 is 5.35. The maximum absolute atomic E-state index is 12.1. The van der Waals surface area contributed by atoms with Gasteiger partial charge >= 0.3 is 11.9 Å². The minimum Gasteiger partial charge on any atom is -0.459 e. The number of carbonyl (C=O) groups is 3. The zero-order chi connectivity index (χ0) is 18.5. The van der Waals surface area contributed by atoms with E-state index in [0.29, 0.717) is 16.3 Å². The standard InChI is InChI=1S/C16H13N5O4S/c1-2-25-15(24)14(23)19-9-4-5-10-11(8-9)26-16(20-10)21-13(22)12-17-6-3-7-18-12/h3-8H,2H2,1H3,(H,19,23)(H,20,21,22). The molecular formula is C16H13N5O4S. The predicted octanol–water partition coefficient (Wildman–Crippen LogP) is 1.84. The van der Waals surface area contributed by atoms with Crippen LogP contribution < -0.4 is 10.6 Å². The summed E-state index contributed by atoms with van der Waals surface area (Å²) in [5, 5.41) is 5.44. The van der Waals surface area contributed by atoms with E-state index in [1.807, 2.05) is 0 Å². The Bertz CT molecular complexity index is 973. The van der Waals surface area contributed by atoms with Crippen molar-refractivity contribution in [2.45, 2.75) is 6.92 Å². The topological polar surface area (TPSA) is 123 Å². The average Bonchev–Trinajstić information content (AvgIpc) is 3.04. The third-order valence-corrected chi connectivity index (χ3v) is 4.03. The average molecular weight is 371 g/mol. The van der Waals surface area contributed by atoms with Gasteiger partial charge in [0.15, 0.2) is 5.13 Å². The van der Waals surface area contributed by atoms with Gasteiger partial charge in [-0.25, -0.2) is 19.7 Å². The van der Waals surface area contributed by atoms with Gasteiger partial charge in [-0.3, -0.25) is 14.9 Å². The molecule has 0 saturated carbocycles. The fourth-order valence-corrected chi connectivity index (χ4v) is 2.90. The number of amides is 2. The Kier molecular flexibility index (Phi) is 5.13. The molecule has 0 spiro atoms. The molecule has 2 aromatic heterocycles. The van der Waals surface area contributed by atoms with E-state index in [0.717, 1.165) is 4.70 Å². The zero-order valence-corrected chi connectivity index (χ0v) is 14.4. The van der Waals surface area contributed by atoms with Gasteiger partial charge in [0.1, 0.15) is 0 Å². The molecule has 0 radical (unpaired) electrons. The van der Waals surface area contributed by atoms with Crippen LogP contribution in [0.4, 0.5) is 10.8 Å². The Morgan fingerprint density at radius 2 is 1.92 bits per heavy atom. The van der Waals surface area contributed by atoms with Crippen molar-refractivity contribution in [3.8, 4) is 0 Å². The number of thiazole rings is 1. The third-order valence-electron chi connectivity index (χ3n) is 3.10. The van der Waals surface area contributed by atoms with Crippen molar-refractivity contribution in [1.29, 1.82) is 0 Å². The van der Waals surface area contributed by atoms with Crippen LogP contribution in [0.3, 0.4) is 0 Å². The van der Waals surface area contributed by atoms with Gasteiger partial charge in [0, 0.05) is 18.1 Å². The number of fused-ring (bicyclic) bond motifs is 1. The third kappa shape index (κ3) is 3.98. The summed E-state index contributed by atoms with van der Waals surface area (Å²) in [6.45, 7) is 1.74. The lowest BCUT2D eigenvalue weighted by atomic mass is 10.3. The SMILES string of the molecule is CCOC(=O)C(=O)Nc1ccc2nc(NC(=O)c3ncccn3)sc2c1. The number of ether oxygens (including phenoxy) is 1. The van der Waals surface area contributed by atoms with Crippen LogP contribution in [-0.4, -0.2) is 39.3 Å². The minimum absolute atomic E-state index is 0.0362. The second-order valence-electron chi connectivity index (χ2n) is 4.90. The van der Waals surface area contributed by atoms with Crippen molar-refractivity contribution >= 4 is 50.2 Å². The molecule has 0 fully saturated rings. The van der Waals surface area contributed by atoms with Gasteiger partial charge in [0.05, 0.1) is 16.8 Å². The van der Waals surface area contributed by atoms with E-state index < -0.39 is 17.8 Å². The summed E-state index contributed by atoms with van der Waals surface area (Å²) in [7, 11) is 0. The van der Waals surface area contributed by atoms with E-state index in [1.54, 1.807) is 31.2 Å². The van der Waals surface area contributed by atoms with Crippen LogP contribution >= 0.6 is 11.3 Å². The first-order valence-corrected chi connectivity index (χ1v) is 8.35. The molecule has 1 aromatic carbocycles. The predicted molar refractivity (Wildman–Crippen MR) is 94.9 cm³/mol. The van der Waals surface area contributed by atoms with Gasteiger partial charge < -0.3 is 10.1 Å². The highest BCUT2D eigenvalue weighted by molar-refractivity contribution is 7.22. The van der Waals surface area contributed by atoms with Crippen molar-refractivity contribution < 1.29 is 19.1 Å². The van der Waals surface area contributed by atoms with Crippen LogP contribution in [0.1, 0.15) is 17.5 Å². The summed E-state index contributed by atoms with van der Waals surface area (Å²) in [6.07, 6.45) is 2.94. The Hall–Kier alpha value is -3.40. The number of hydrogen-bond acceptors (Lipinski definition) is 8. The van der Waals surface area contributed by atoms with E-state index in [9.17, 15) is 14.4 Å². The minimum atomic E-state index is -0.951. The number of aromatic nitrogens is 3. The molecular weight excluding hydrogens is 358 g/mol. The fourth-order valence-electron chi connectivity index (χ4n) is 2.00. The summed E-state index contributed by atoms with van der Waals surface area (Å²) in [6, 6.07) is 6.53. The number of benzene rings is 1. The maximum atomic E-state index is 12.1. The van der Waals surface area contributed by atoms with Crippen LogP contribution in [0, 0.1) is 0 Å². The molecule has 9 nitrogen and oxygen atoms in total. The smallest absolute Gasteiger partial charge is 0.397 e. The quantitative estimate of drug-likeness (QED) is 0.530. The molecule has 2 heterocycles. The highest BCUT2D eigenvalue weighted by Gasteiger charge is 2.16. The number of esters is 1. The summed E-state index contributed by atoms with van der Waals surface area (Å²) in [4.78, 5) is 47.1. The van der Waals surface area contributed by atoms with Crippen LogP contribution in [0.25, 0.3) is 10.2 Å². The van der Waals surface area contributed by atoms with E-state index in [4.69, 9.17) is 0 Å². The molecule has 132 valence electrons. The molecule has 0 aliphatic rings. The molecule has 0 aliphatic carbocycles. The monoisotopic (exact) mass is 371 g/mol. The maximum Gasteiger partial charge on any atom is 0.397 e. The van der Waals surface area contributed by atoms with Gasteiger partial charge in [-0.1, -0.05) is 11.3 Å². The van der Waals surface area contributed by atoms with Crippen LogP contribution in [0.5, 0.6) is 0 Å². The first kappa shape index (κ1) is 17.4.